The minimum Gasteiger partial charge on any atom is -0.363 e. The Morgan fingerprint density at radius 3 is 2.71 bits per heavy atom. The standard InChI is InChI=1S/C10H18N4OS2/c1-5-10(2,3)12-7(15)6-16-9-14-13-8(11-4)17-9/h5-6H2,1-4H3,(H,11,13)(H,12,15). The van der Waals surface area contributed by atoms with E-state index in [0.29, 0.717) is 5.75 Å². The molecule has 7 heteroatoms. The number of carbonyl (C=O) groups excluding carboxylic acids is 1. The third kappa shape index (κ3) is 4.91. The van der Waals surface area contributed by atoms with Crippen LogP contribution >= 0.6 is 23.1 Å². The lowest BCUT2D eigenvalue weighted by atomic mass is 10.0. The van der Waals surface area contributed by atoms with Gasteiger partial charge >= 0.3 is 0 Å². The van der Waals surface area contributed by atoms with E-state index in [2.05, 4.69) is 27.8 Å². The lowest BCUT2D eigenvalue weighted by Gasteiger charge is -2.24. The summed E-state index contributed by atoms with van der Waals surface area (Å²) < 4.78 is 0.804. The molecule has 2 N–H and O–H groups in total. The topological polar surface area (TPSA) is 66.9 Å². The van der Waals surface area contributed by atoms with Crippen LogP contribution in [0.2, 0.25) is 0 Å². The van der Waals surface area contributed by atoms with Gasteiger partial charge in [0.25, 0.3) is 0 Å². The summed E-state index contributed by atoms with van der Waals surface area (Å²) in [7, 11) is 1.80. The minimum absolute atomic E-state index is 0.0306. The van der Waals surface area contributed by atoms with Gasteiger partial charge in [-0.3, -0.25) is 4.79 Å². The maximum absolute atomic E-state index is 11.7. The summed E-state index contributed by atoms with van der Waals surface area (Å²) in [6.45, 7) is 6.08. The molecule has 0 aliphatic carbocycles. The highest BCUT2D eigenvalue weighted by Crippen LogP contribution is 2.24. The highest BCUT2D eigenvalue weighted by atomic mass is 32.2. The van der Waals surface area contributed by atoms with E-state index in [9.17, 15) is 4.79 Å². The van der Waals surface area contributed by atoms with E-state index in [1.807, 2.05) is 13.8 Å². The van der Waals surface area contributed by atoms with Crippen LogP contribution in [0.25, 0.3) is 0 Å². The van der Waals surface area contributed by atoms with Crippen LogP contribution in [0.3, 0.4) is 0 Å². The van der Waals surface area contributed by atoms with Gasteiger partial charge in [-0.2, -0.15) is 0 Å². The molecule has 1 amide bonds. The predicted molar refractivity (Wildman–Crippen MR) is 72.7 cm³/mol. The van der Waals surface area contributed by atoms with Crippen LogP contribution in [0.15, 0.2) is 4.34 Å². The number of nitrogens with zero attached hydrogens (tertiary/aromatic N) is 2. The lowest BCUT2D eigenvalue weighted by molar-refractivity contribution is -0.120. The Balaban J connectivity index is 2.38. The molecule has 17 heavy (non-hydrogen) atoms. The monoisotopic (exact) mass is 274 g/mol. The molecule has 0 fully saturated rings. The molecule has 0 unspecified atom stereocenters. The smallest absolute Gasteiger partial charge is 0.230 e. The number of rotatable bonds is 6. The van der Waals surface area contributed by atoms with Gasteiger partial charge in [0.2, 0.25) is 11.0 Å². The second-order valence-corrected chi connectivity index (χ2v) is 6.40. The quantitative estimate of drug-likeness (QED) is 0.776. The van der Waals surface area contributed by atoms with Gasteiger partial charge in [0.05, 0.1) is 5.75 Å². The Labute approximate surface area is 110 Å². The first-order chi connectivity index (χ1) is 7.96. The first-order valence-corrected chi connectivity index (χ1v) is 7.22. The number of carbonyl (C=O) groups is 1. The molecule has 1 aromatic heterocycles. The van der Waals surface area contributed by atoms with Crippen molar-refractivity contribution in [3.63, 3.8) is 0 Å². The average Bonchev–Trinajstić information content (AvgIpc) is 2.74. The zero-order chi connectivity index (χ0) is 12.9. The van der Waals surface area contributed by atoms with Crippen molar-refractivity contribution in [2.75, 3.05) is 18.1 Å². The molecule has 0 radical (unpaired) electrons. The van der Waals surface area contributed by atoms with Gasteiger partial charge < -0.3 is 10.6 Å². The summed E-state index contributed by atoms with van der Waals surface area (Å²) in [5, 5.41) is 14.5. The van der Waals surface area contributed by atoms with Gasteiger partial charge in [-0.1, -0.05) is 30.0 Å². The fourth-order valence-electron chi connectivity index (χ4n) is 0.998. The number of anilines is 1. The van der Waals surface area contributed by atoms with Crippen LogP contribution in [0, 0.1) is 0 Å². The molecule has 0 atom stereocenters. The van der Waals surface area contributed by atoms with Crippen molar-refractivity contribution in [2.45, 2.75) is 37.1 Å². The van der Waals surface area contributed by atoms with E-state index in [1.165, 1.54) is 23.1 Å². The summed E-state index contributed by atoms with van der Waals surface area (Å²) in [4.78, 5) is 11.7. The van der Waals surface area contributed by atoms with Crippen molar-refractivity contribution >= 4 is 34.1 Å². The van der Waals surface area contributed by atoms with Crippen LogP contribution in [0.5, 0.6) is 0 Å². The van der Waals surface area contributed by atoms with Crippen molar-refractivity contribution < 1.29 is 4.79 Å². The maximum atomic E-state index is 11.7. The third-order valence-electron chi connectivity index (χ3n) is 2.31. The highest BCUT2D eigenvalue weighted by Gasteiger charge is 2.18. The van der Waals surface area contributed by atoms with E-state index >= 15 is 0 Å². The lowest BCUT2D eigenvalue weighted by Crippen LogP contribution is -2.43. The first-order valence-electron chi connectivity index (χ1n) is 5.42. The van der Waals surface area contributed by atoms with E-state index in [0.717, 1.165) is 15.9 Å². The Bertz CT molecular complexity index is 378. The molecule has 1 heterocycles. The number of nitrogens with one attached hydrogen (secondary N) is 2. The van der Waals surface area contributed by atoms with Gasteiger partial charge in [0, 0.05) is 12.6 Å². The fraction of sp³-hybridized carbons (Fsp3) is 0.700. The molecular formula is C10H18N4OS2. The molecule has 1 aromatic rings. The zero-order valence-corrected chi connectivity index (χ0v) is 12.2. The van der Waals surface area contributed by atoms with Crippen LogP contribution in [0.4, 0.5) is 5.13 Å². The van der Waals surface area contributed by atoms with Gasteiger partial charge in [-0.25, -0.2) is 0 Å². The van der Waals surface area contributed by atoms with Gasteiger partial charge in [0.15, 0.2) is 4.34 Å². The number of hydrogen-bond donors (Lipinski definition) is 2. The minimum atomic E-state index is -0.144. The fourth-order valence-corrected chi connectivity index (χ4v) is 2.50. The summed E-state index contributed by atoms with van der Waals surface area (Å²) in [5.41, 5.74) is -0.144. The number of thioether (sulfide) groups is 1. The molecule has 96 valence electrons. The Morgan fingerprint density at radius 2 is 2.18 bits per heavy atom. The Morgan fingerprint density at radius 1 is 1.47 bits per heavy atom. The van der Waals surface area contributed by atoms with Crippen LogP contribution in [-0.4, -0.2) is 34.4 Å². The van der Waals surface area contributed by atoms with E-state index < -0.39 is 0 Å². The van der Waals surface area contributed by atoms with Crippen molar-refractivity contribution in [3.8, 4) is 0 Å². The molecule has 0 aromatic carbocycles. The molecule has 5 nitrogen and oxygen atoms in total. The maximum Gasteiger partial charge on any atom is 0.230 e. The van der Waals surface area contributed by atoms with Gasteiger partial charge in [0.1, 0.15) is 0 Å². The number of aromatic nitrogens is 2. The summed E-state index contributed by atoms with van der Waals surface area (Å²) >= 11 is 2.86. The second kappa shape index (κ2) is 6.20. The van der Waals surface area contributed by atoms with E-state index in [1.54, 1.807) is 7.05 Å². The molecule has 0 aliphatic rings. The average molecular weight is 274 g/mol. The summed E-state index contributed by atoms with van der Waals surface area (Å²) in [6.07, 6.45) is 0.909. The van der Waals surface area contributed by atoms with Crippen molar-refractivity contribution in [1.29, 1.82) is 0 Å². The van der Waals surface area contributed by atoms with Crippen LogP contribution in [0.1, 0.15) is 27.2 Å². The van der Waals surface area contributed by atoms with E-state index in [4.69, 9.17) is 0 Å². The predicted octanol–water partition coefficient (Wildman–Crippen LogP) is 1.98. The molecule has 0 saturated carbocycles. The van der Waals surface area contributed by atoms with Crippen molar-refractivity contribution in [2.24, 2.45) is 0 Å². The second-order valence-electron chi connectivity index (χ2n) is 4.20. The van der Waals surface area contributed by atoms with Gasteiger partial charge in [-0.05, 0) is 20.3 Å². The highest BCUT2D eigenvalue weighted by molar-refractivity contribution is 8.01. The summed E-state index contributed by atoms with van der Waals surface area (Å²) in [6, 6.07) is 0. The number of hydrogen-bond acceptors (Lipinski definition) is 6. The molecule has 0 saturated heterocycles. The summed E-state index contributed by atoms with van der Waals surface area (Å²) in [5.74, 6) is 0.407. The molecule has 0 aliphatic heterocycles. The van der Waals surface area contributed by atoms with Gasteiger partial charge in [-0.15, -0.1) is 10.2 Å². The Hall–Kier alpha value is -0.820. The van der Waals surface area contributed by atoms with Crippen molar-refractivity contribution in [1.82, 2.24) is 15.5 Å². The molecule has 0 bridgehead atoms. The largest absolute Gasteiger partial charge is 0.363 e. The molecular weight excluding hydrogens is 256 g/mol. The molecule has 1 rings (SSSR count). The Kier molecular flexibility index (Phi) is 5.20. The van der Waals surface area contributed by atoms with Crippen molar-refractivity contribution in [3.05, 3.63) is 0 Å². The first kappa shape index (κ1) is 14.2. The van der Waals surface area contributed by atoms with Crippen LogP contribution in [-0.2, 0) is 4.79 Å². The molecule has 0 spiro atoms. The zero-order valence-electron chi connectivity index (χ0n) is 10.5. The number of amides is 1. The normalized spacial score (nSPS) is 11.3. The SMILES string of the molecule is CCC(C)(C)NC(=O)CSc1nnc(NC)s1. The third-order valence-corrected chi connectivity index (χ3v) is 4.38. The van der Waals surface area contributed by atoms with E-state index in [-0.39, 0.29) is 11.4 Å². The van der Waals surface area contributed by atoms with Crippen LogP contribution < -0.4 is 10.6 Å².